The molecular formula is C21H28N8O2S. The molecule has 32 heavy (non-hydrogen) atoms. The Balaban J connectivity index is 1.32. The number of anilines is 3. The fraction of sp³-hybridized carbons (Fsp3) is 0.571. The monoisotopic (exact) mass is 456 g/mol. The van der Waals surface area contributed by atoms with Crippen LogP contribution in [-0.4, -0.2) is 59.9 Å². The Morgan fingerprint density at radius 1 is 1.25 bits per heavy atom. The first-order valence-corrected chi connectivity index (χ1v) is 11.8. The van der Waals surface area contributed by atoms with Gasteiger partial charge in [-0.05, 0) is 53.4 Å². The Labute approximate surface area is 190 Å². The van der Waals surface area contributed by atoms with Crippen molar-refractivity contribution in [3.8, 4) is 0 Å². The van der Waals surface area contributed by atoms with Crippen molar-refractivity contribution >= 4 is 45.4 Å². The highest BCUT2D eigenvalue weighted by Gasteiger charge is 2.45. The molecule has 5 heterocycles. The van der Waals surface area contributed by atoms with Gasteiger partial charge in [0, 0.05) is 29.9 Å². The van der Waals surface area contributed by atoms with E-state index >= 15 is 0 Å². The second kappa shape index (κ2) is 7.88. The average molecular weight is 457 g/mol. The van der Waals surface area contributed by atoms with Crippen LogP contribution < -0.4 is 10.6 Å². The summed E-state index contributed by atoms with van der Waals surface area (Å²) >= 11 is 1.48. The number of H-pyrrole nitrogens is 1. The molecule has 170 valence electrons. The molecule has 2 bridgehead atoms. The van der Waals surface area contributed by atoms with Crippen LogP contribution in [0.5, 0.6) is 0 Å². The summed E-state index contributed by atoms with van der Waals surface area (Å²) in [6.07, 6.45) is 3.50. The molecule has 5 rings (SSSR count). The van der Waals surface area contributed by atoms with E-state index in [-0.39, 0.29) is 24.2 Å². The van der Waals surface area contributed by atoms with Gasteiger partial charge in [0.15, 0.2) is 16.5 Å². The molecule has 3 aromatic rings. The van der Waals surface area contributed by atoms with E-state index < -0.39 is 5.60 Å². The minimum absolute atomic E-state index is 0.179. The summed E-state index contributed by atoms with van der Waals surface area (Å²) in [7, 11) is 0. The van der Waals surface area contributed by atoms with Crippen LogP contribution in [0.15, 0.2) is 11.6 Å². The van der Waals surface area contributed by atoms with E-state index in [1.54, 1.807) is 5.51 Å². The molecule has 2 aliphatic rings. The van der Waals surface area contributed by atoms with Gasteiger partial charge in [-0.25, -0.2) is 14.8 Å². The van der Waals surface area contributed by atoms with Gasteiger partial charge in [0.25, 0.3) is 0 Å². The molecule has 2 fully saturated rings. The number of fused-ring (bicyclic) bond motifs is 3. The van der Waals surface area contributed by atoms with E-state index in [0.29, 0.717) is 17.6 Å². The predicted octanol–water partition coefficient (Wildman–Crippen LogP) is 4.20. The summed E-state index contributed by atoms with van der Waals surface area (Å²) in [5, 5.41) is 13.9. The van der Waals surface area contributed by atoms with Crippen LogP contribution in [0, 0.1) is 6.92 Å². The van der Waals surface area contributed by atoms with Gasteiger partial charge in [-0.3, -0.25) is 5.10 Å². The number of hydrogen-bond acceptors (Lipinski definition) is 9. The normalized spacial score (nSPS) is 22.9. The maximum atomic E-state index is 12.7. The maximum Gasteiger partial charge on any atom is 0.410 e. The van der Waals surface area contributed by atoms with Gasteiger partial charge < -0.3 is 20.3 Å². The number of carbonyl (C=O) groups excluding carboxylic acids is 1. The van der Waals surface area contributed by atoms with Gasteiger partial charge in [-0.15, -0.1) is 11.3 Å². The van der Waals surface area contributed by atoms with Gasteiger partial charge in [0.1, 0.15) is 11.1 Å². The van der Waals surface area contributed by atoms with Crippen molar-refractivity contribution in [1.82, 2.24) is 30.0 Å². The molecule has 2 aliphatic heterocycles. The molecule has 0 saturated carbocycles. The summed E-state index contributed by atoms with van der Waals surface area (Å²) in [5.74, 6) is 1.87. The van der Waals surface area contributed by atoms with Crippen molar-refractivity contribution in [2.45, 2.75) is 77.1 Å². The second-order valence-electron chi connectivity index (χ2n) is 9.55. The molecule has 1 unspecified atom stereocenters. The molecule has 10 nitrogen and oxygen atoms in total. The fourth-order valence-electron chi connectivity index (χ4n) is 4.61. The number of aromatic nitrogens is 5. The third-order valence-corrected chi connectivity index (χ3v) is 6.54. The molecular weight excluding hydrogens is 428 g/mol. The molecule has 0 aliphatic carbocycles. The van der Waals surface area contributed by atoms with Crippen LogP contribution in [0.3, 0.4) is 0 Å². The fourth-order valence-corrected chi connectivity index (χ4v) is 5.27. The van der Waals surface area contributed by atoms with Crippen LogP contribution in [0.2, 0.25) is 0 Å². The van der Waals surface area contributed by atoms with Crippen LogP contribution in [-0.2, 0) is 4.74 Å². The maximum absolute atomic E-state index is 12.7. The van der Waals surface area contributed by atoms with Gasteiger partial charge >= 0.3 is 6.09 Å². The molecule has 0 spiro atoms. The Morgan fingerprint density at radius 3 is 2.66 bits per heavy atom. The van der Waals surface area contributed by atoms with E-state index in [1.807, 2.05) is 38.7 Å². The number of thiazole rings is 1. The average Bonchev–Trinajstić information content (AvgIpc) is 3.39. The van der Waals surface area contributed by atoms with Crippen molar-refractivity contribution < 1.29 is 9.53 Å². The molecule has 0 radical (unpaired) electrons. The number of rotatable bonds is 4. The first-order chi connectivity index (χ1) is 15.2. The lowest BCUT2D eigenvalue weighted by atomic mass is 9.98. The largest absolute Gasteiger partial charge is 0.444 e. The number of carbonyl (C=O) groups is 1. The highest BCUT2D eigenvalue weighted by Crippen LogP contribution is 2.38. The van der Waals surface area contributed by atoms with E-state index in [2.05, 4.69) is 30.8 Å². The number of ether oxygens (including phenoxy) is 1. The summed E-state index contributed by atoms with van der Waals surface area (Å²) in [6, 6.07) is 2.46. The van der Waals surface area contributed by atoms with Crippen molar-refractivity contribution in [2.24, 2.45) is 0 Å². The topological polar surface area (TPSA) is 121 Å². The highest BCUT2D eigenvalue weighted by atomic mass is 32.1. The smallest absolute Gasteiger partial charge is 0.410 e. The molecule has 3 aromatic heterocycles. The van der Waals surface area contributed by atoms with Gasteiger partial charge in [-0.1, -0.05) is 0 Å². The molecule has 3 N–H and O–H groups in total. The number of nitrogens with one attached hydrogen (secondary N) is 3. The van der Waals surface area contributed by atoms with Crippen LogP contribution >= 0.6 is 11.3 Å². The Morgan fingerprint density at radius 2 is 2.00 bits per heavy atom. The number of piperidine rings is 1. The van der Waals surface area contributed by atoms with Crippen molar-refractivity contribution in [3.05, 3.63) is 17.3 Å². The third kappa shape index (κ3) is 4.21. The summed E-state index contributed by atoms with van der Waals surface area (Å²) in [4.78, 5) is 29.2. The zero-order chi connectivity index (χ0) is 22.5. The molecule has 0 aromatic carbocycles. The lowest BCUT2D eigenvalue weighted by Gasteiger charge is -2.39. The van der Waals surface area contributed by atoms with Gasteiger partial charge in [-0.2, -0.15) is 10.1 Å². The van der Waals surface area contributed by atoms with Crippen molar-refractivity contribution in [3.63, 3.8) is 0 Å². The lowest BCUT2D eigenvalue weighted by molar-refractivity contribution is 0.00682. The molecule has 1 amide bonds. The van der Waals surface area contributed by atoms with Gasteiger partial charge in [0.2, 0.25) is 5.95 Å². The summed E-state index contributed by atoms with van der Waals surface area (Å²) < 4.78 is 5.64. The number of hydrogen-bond donors (Lipinski definition) is 3. The number of nitrogens with zero attached hydrogens (tertiary/aromatic N) is 5. The zero-order valence-electron chi connectivity index (χ0n) is 18.7. The van der Waals surface area contributed by atoms with E-state index in [4.69, 9.17) is 9.72 Å². The zero-order valence-corrected chi connectivity index (χ0v) is 19.5. The number of aromatic amines is 1. The first kappa shape index (κ1) is 20.9. The van der Waals surface area contributed by atoms with Crippen molar-refractivity contribution in [2.75, 3.05) is 10.6 Å². The van der Waals surface area contributed by atoms with E-state index in [9.17, 15) is 4.79 Å². The standard InChI is InChI=1S/C21H28N8O2S/c1-11-7-15(28-27-11)24-17-16-18(32-10-22-16)26-19(25-17)23-12-8-13-5-6-14(9-12)29(13)20(30)31-21(2,3)4/h7,10,12-14H,5-6,8-9H2,1-4H3,(H3,23,24,25,26,27,28)/t12?,13-,14+. The summed E-state index contributed by atoms with van der Waals surface area (Å²) in [5.41, 5.74) is 2.96. The highest BCUT2D eigenvalue weighted by molar-refractivity contribution is 7.16. The molecule has 11 heteroatoms. The van der Waals surface area contributed by atoms with Crippen molar-refractivity contribution in [1.29, 1.82) is 0 Å². The minimum Gasteiger partial charge on any atom is -0.444 e. The minimum atomic E-state index is -0.486. The van der Waals surface area contributed by atoms with Crippen LogP contribution in [0.1, 0.15) is 52.1 Å². The van der Waals surface area contributed by atoms with Crippen LogP contribution in [0.4, 0.5) is 22.4 Å². The lowest BCUT2D eigenvalue weighted by Crippen LogP contribution is -2.51. The predicted molar refractivity (Wildman–Crippen MR) is 123 cm³/mol. The quantitative estimate of drug-likeness (QED) is 0.534. The first-order valence-electron chi connectivity index (χ1n) is 10.9. The number of aryl methyl sites for hydroxylation is 1. The van der Waals surface area contributed by atoms with E-state index in [1.165, 1.54) is 11.3 Å². The van der Waals surface area contributed by atoms with E-state index in [0.717, 1.165) is 41.7 Å². The molecule has 3 atom stereocenters. The number of amides is 1. The Hall–Kier alpha value is -2.95. The third-order valence-electron chi connectivity index (χ3n) is 5.82. The summed E-state index contributed by atoms with van der Waals surface area (Å²) in [6.45, 7) is 7.67. The second-order valence-corrected chi connectivity index (χ2v) is 10.4. The van der Waals surface area contributed by atoms with Crippen LogP contribution in [0.25, 0.3) is 10.3 Å². The Bertz CT molecular complexity index is 1120. The van der Waals surface area contributed by atoms with Gasteiger partial charge in [0.05, 0.1) is 5.51 Å². The Kier molecular flexibility index (Phi) is 5.15. The SMILES string of the molecule is Cc1cc(Nc2nc(NC3C[C@H]4CC[C@@H](C3)N4C(=O)OC(C)(C)C)nc3scnc23)n[nH]1. The molecule has 2 saturated heterocycles.